The number of nitrogens with one attached hydrogen (secondary N) is 1. The van der Waals surface area contributed by atoms with Gasteiger partial charge in [-0.15, -0.1) is 0 Å². The van der Waals surface area contributed by atoms with Gasteiger partial charge in [-0.3, -0.25) is 0 Å². The molecule has 0 bridgehead atoms. The van der Waals surface area contributed by atoms with E-state index in [4.69, 9.17) is 23.2 Å². The van der Waals surface area contributed by atoms with Gasteiger partial charge >= 0.3 is 0 Å². The second-order valence-corrected chi connectivity index (χ2v) is 5.77. The van der Waals surface area contributed by atoms with Gasteiger partial charge in [0, 0.05) is 22.3 Å². The smallest absolute Gasteiger partial charge is 0.0456 e. The number of benzene rings is 2. The van der Waals surface area contributed by atoms with Crippen LogP contribution in [0.5, 0.6) is 0 Å². The minimum Gasteiger partial charge on any atom is -0.381 e. The lowest BCUT2D eigenvalue weighted by Gasteiger charge is -2.10. The molecule has 3 heteroatoms. The fourth-order valence-electron chi connectivity index (χ4n) is 2.56. The van der Waals surface area contributed by atoms with Gasteiger partial charge in [-0.2, -0.15) is 0 Å². The molecule has 0 amide bonds. The molecule has 0 radical (unpaired) electrons. The first-order chi connectivity index (χ1) is 9.22. The first-order valence-corrected chi connectivity index (χ1v) is 7.27. The maximum absolute atomic E-state index is 6.16. The third kappa shape index (κ3) is 2.88. The third-order valence-corrected chi connectivity index (χ3v) is 4.19. The predicted molar refractivity (Wildman–Crippen MR) is 82.3 cm³/mol. The SMILES string of the molecule is Clc1ccc(Cl)c(CNc2ccc3c(c2)CCC3)c1. The van der Waals surface area contributed by atoms with Gasteiger partial charge in [0.25, 0.3) is 0 Å². The Morgan fingerprint density at radius 1 is 0.947 bits per heavy atom. The average molecular weight is 292 g/mol. The van der Waals surface area contributed by atoms with Gasteiger partial charge in [0.05, 0.1) is 0 Å². The predicted octanol–water partition coefficient (Wildman–Crippen LogP) is 5.09. The summed E-state index contributed by atoms with van der Waals surface area (Å²) >= 11 is 12.1. The van der Waals surface area contributed by atoms with E-state index in [-0.39, 0.29) is 0 Å². The molecule has 19 heavy (non-hydrogen) atoms. The molecule has 0 saturated heterocycles. The van der Waals surface area contributed by atoms with E-state index in [1.54, 1.807) is 0 Å². The van der Waals surface area contributed by atoms with Crippen molar-refractivity contribution in [3.63, 3.8) is 0 Å². The lowest BCUT2D eigenvalue weighted by Crippen LogP contribution is -2.00. The van der Waals surface area contributed by atoms with Crippen molar-refractivity contribution in [3.8, 4) is 0 Å². The molecule has 1 N–H and O–H groups in total. The number of halogens is 2. The van der Waals surface area contributed by atoms with Crippen LogP contribution < -0.4 is 5.32 Å². The molecule has 0 atom stereocenters. The molecule has 0 aliphatic heterocycles. The van der Waals surface area contributed by atoms with Gasteiger partial charge in [-0.1, -0.05) is 29.3 Å². The molecule has 1 nitrogen and oxygen atoms in total. The highest BCUT2D eigenvalue weighted by Crippen LogP contribution is 2.26. The van der Waals surface area contributed by atoms with E-state index < -0.39 is 0 Å². The van der Waals surface area contributed by atoms with Crippen LogP contribution in [0.3, 0.4) is 0 Å². The highest BCUT2D eigenvalue weighted by molar-refractivity contribution is 6.33. The summed E-state index contributed by atoms with van der Waals surface area (Å²) in [6.07, 6.45) is 3.69. The van der Waals surface area contributed by atoms with Crippen LogP contribution in [0.15, 0.2) is 36.4 Å². The number of rotatable bonds is 3. The first-order valence-electron chi connectivity index (χ1n) is 6.52. The van der Waals surface area contributed by atoms with Crippen molar-refractivity contribution >= 4 is 28.9 Å². The third-order valence-electron chi connectivity index (χ3n) is 3.59. The Labute approximate surface area is 123 Å². The maximum Gasteiger partial charge on any atom is 0.0456 e. The summed E-state index contributed by atoms with van der Waals surface area (Å²) in [5, 5.41) is 4.88. The molecule has 0 heterocycles. The summed E-state index contributed by atoms with van der Waals surface area (Å²) in [6, 6.07) is 12.2. The van der Waals surface area contributed by atoms with Crippen LogP contribution in [0.4, 0.5) is 5.69 Å². The molecule has 0 saturated carbocycles. The number of hydrogen-bond donors (Lipinski definition) is 1. The minimum atomic E-state index is 0.693. The van der Waals surface area contributed by atoms with E-state index >= 15 is 0 Å². The van der Waals surface area contributed by atoms with Gasteiger partial charge in [-0.25, -0.2) is 0 Å². The first kappa shape index (κ1) is 12.8. The quantitative estimate of drug-likeness (QED) is 0.830. The highest BCUT2D eigenvalue weighted by Gasteiger charge is 2.10. The topological polar surface area (TPSA) is 12.0 Å². The van der Waals surface area contributed by atoms with Crippen LogP contribution in [0.1, 0.15) is 23.1 Å². The Hall–Kier alpha value is -1.18. The summed E-state index contributed by atoms with van der Waals surface area (Å²) in [5.74, 6) is 0. The molecule has 2 aromatic carbocycles. The number of hydrogen-bond acceptors (Lipinski definition) is 1. The number of aryl methyl sites for hydroxylation is 2. The molecule has 1 aliphatic carbocycles. The van der Waals surface area contributed by atoms with Crippen molar-refractivity contribution in [1.29, 1.82) is 0 Å². The molecule has 98 valence electrons. The van der Waals surface area contributed by atoms with Crippen molar-refractivity contribution in [1.82, 2.24) is 0 Å². The van der Waals surface area contributed by atoms with Crippen LogP contribution in [0, 0.1) is 0 Å². The van der Waals surface area contributed by atoms with Crippen LogP contribution in [0.2, 0.25) is 10.0 Å². The van der Waals surface area contributed by atoms with E-state index in [0.29, 0.717) is 6.54 Å². The van der Waals surface area contributed by atoms with Gasteiger partial charge in [0.2, 0.25) is 0 Å². The molecular weight excluding hydrogens is 277 g/mol. The Morgan fingerprint density at radius 3 is 2.68 bits per heavy atom. The Bertz CT molecular complexity index is 608. The van der Waals surface area contributed by atoms with Gasteiger partial charge in [0.1, 0.15) is 0 Å². The monoisotopic (exact) mass is 291 g/mol. The van der Waals surface area contributed by atoms with E-state index in [0.717, 1.165) is 21.3 Å². The van der Waals surface area contributed by atoms with Crippen molar-refractivity contribution in [2.45, 2.75) is 25.8 Å². The standard InChI is InChI=1S/C16H15Cl2N/c17-14-5-7-16(18)13(8-14)10-19-15-6-4-11-2-1-3-12(11)9-15/h4-9,19H,1-3,10H2. The molecular formula is C16H15Cl2N. The van der Waals surface area contributed by atoms with Crippen molar-refractivity contribution in [2.75, 3.05) is 5.32 Å². The zero-order chi connectivity index (χ0) is 13.2. The average Bonchev–Trinajstić information content (AvgIpc) is 2.87. The second-order valence-electron chi connectivity index (χ2n) is 4.93. The summed E-state index contributed by atoms with van der Waals surface area (Å²) in [4.78, 5) is 0. The Morgan fingerprint density at radius 2 is 1.79 bits per heavy atom. The second kappa shape index (κ2) is 5.44. The van der Waals surface area contributed by atoms with E-state index in [1.165, 1.54) is 30.4 Å². The number of anilines is 1. The zero-order valence-corrected chi connectivity index (χ0v) is 12.1. The van der Waals surface area contributed by atoms with Gasteiger partial charge < -0.3 is 5.32 Å². The molecule has 3 rings (SSSR count). The Balaban J connectivity index is 1.74. The van der Waals surface area contributed by atoms with Gasteiger partial charge in [-0.05, 0) is 66.3 Å². The summed E-state index contributed by atoms with van der Waals surface area (Å²) in [5.41, 5.74) is 5.14. The molecule has 0 spiro atoms. The van der Waals surface area contributed by atoms with Gasteiger partial charge in [0.15, 0.2) is 0 Å². The molecule has 1 aliphatic rings. The van der Waals surface area contributed by atoms with Crippen LogP contribution in [-0.2, 0) is 19.4 Å². The fourth-order valence-corrected chi connectivity index (χ4v) is 2.94. The normalized spacial score (nSPS) is 13.4. The van der Waals surface area contributed by atoms with Crippen LogP contribution in [0.25, 0.3) is 0 Å². The summed E-state index contributed by atoms with van der Waals surface area (Å²) in [7, 11) is 0. The van der Waals surface area contributed by atoms with Crippen molar-refractivity contribution in [2.24, 2.45) is 0 Å². The molecule has 0 aromatic heterocycles. The minimum absolute atomic E-state index is 0.693. The van der Waals surface area contributed by atoms with Crippen molar-refractivity contribution < 1.29 is 0 Å². The van der Waals surface area contributed by atoms with Crippen LogP contribution in [-0.4, -0.2) is 0 Å². The Kier molecular flexibility index (Phi) is 3.67. The van der Waals surface area contributed by atoms with E-state index in [1.807, 2.05) is 18.2 Å². The molecule has 2 aromatic rings. The molecule has 0 unspecified atom stereocenters. The summed E-state index contributed by atoms with van der Waals surface area (Å²) < 4.78 is 0. The highest BCUT2D eigenvalue weighted by atomic mass is 35.5. The maximum atomic E-state index is 6.16. The van der Waals surface area contributed by atoms with Crippen LogP contribution >= 0.6 is 23.2 Å². The van der Waals surface area contributed by atoms with E-state index in [2.05, 4.69) is 23.5 Å². The molecule has 0 fully saturated rings. The summed E-state index contributed by atoms with van der Waals surface area (Å²) in [6.45, 7) is 0.693. The van der Waals surface area contributed by atoms with E-state index in [9.17, 15) is 0 Å². The zero-order valence-electron chi connectivity index (χ0n) is 10.5. The largest absolute Gasteiger partial charge is 0.381 e. The lowest BCUT2D eigenvalue weighted by atomic mass is 10.1. The van der Waals surface area contributed by atoms with Crippen molar-refractivity contribution in [3.05, 3.63) is 63.1 Å². The lowest BCUT2D eigenvalue weighted by molar-refractivity contribution is 0.912. The fraction of sp³-hybridized carbons (Fsp3) is 0.250. The number of fused-ring (bicyclic) bond motifs is 1.